The third-order valence-corrected chi connectivity index (χ3v) is 6.63. The number of hydrogen-bond acceptors (Lipinski definition) is 5. The highest BCUT2D eigenvalue weighted by atomic mass is 19.1. The highest BCUT2D eigenvalue weighted by Gasteiger charge is 2.23. The van der Waals surface area contributed by atoms with Crippen molar-refractivity contribution in [3.05, 3.63) is 95.8 Å². The summed E-state index contributed by atoms with van der Waals surface area (Å²) in [6.07, 6.45) is 3.27. The Balaban J connectivity index is 1.83. The Morgan fingerprint density at radius 2 is 1.76 bits per heavy atom. The summed E-state index contributed by atoms with van der Waals surface area (Å²) in [5, 5.41) is 8.83. The molecule has 0 atom stereocenters. The Bertz CT molecular complexity index is 1580. The number of rotatable bonds is 11. The van der Waals surface area contributed by atoms with E-state index in [0.29, 0.717) is 46.4 Å². The molecular formula is C32H32FN3O5. The summed E-state index contributed by atoms with van der Waals surface area (Å²) in [6.45, 7) is 4.51. The number of methoxy groups -OCH3 is 1. The lowest BCUT2D eigenvalue weighted by atomic mass is 9.93. The average molecular weight is 558 g/mol. The van der Waals surface area contributed by atoms with Gasteiger partial charge in [-0.1, -0.05) is 18.2 Å². The van der Waals surface area contributed by atoms with Gasteiger partial charge in [0.2, 0.25) is 0 Å². The first-order valence-electron chi connectivity index (χ1n) is 13.2. The Labute approximate surface area is 237 Å². The molecular weight excluding hydrogens is 525 g/mol. The van der Waals surface area contributed by atoms with Crippen LogP contribution in [0.4, 0.5) is 9.18 Å². The summed E-state index contributed by atoms with van der Waals surface area (Å²) >= 11 is 0. The van der Waals surface area contributed by atoms with Crippen molar-refractivity contribution in [1.29, 1.82) is 0 Å². The standard InChI is InChI=1S/C32H32FN3O5/c1-4-5-6-15-35-30(37)23-9-7-8-21(17-23)25-19-26-27(18-22(25)14-16-36-32(39)40-3)41-29(28(26)31(38)34-2)20-10-12-24(33)13-11-20/h4,7-13,17-19H,1,5-6,14-16H2,2-3H3,(H,34,38)(H,35,37)(H,36,39). The SMILES string of the molecule is C=CCCCNC(=O)c1cccc(-c2cc3c(C(=O)NC)c(-c4ccc(F)cc4)oc3cc2CCNC(=O)OC)c1. The lowest BCUT2D eigenvalue weighted by molar-refractivity contribution is 0.0949. The van der Waals surface area contributed by atoms with Crippen LogP contribution < -0.4 is 16.0 Å². The summed E-state index contributed by atoms with van der Waals surface area (Å²) in [7, 11) is 2.82. The lowest BCUT2D eigenvalue weighted by Gasteiger charge is -2.13. The second kappa shape index (κ2) is 13.4. The van der Waals surface area contributed by atoms with Gasteiger partial charge in [0.05, 0.1) is 12.7 Å². The topological polar surface area (TPSA) is 110 Å². The molecule has 8 nitrogen and oxygen atoms in total. The maximum Gasteiger partial charge on any atom is 0.406 e. The highest BCUT2D eigenvalue weighted by molar-refractivity contribution is 6.12. The normalized spacial score (nSPS) is 10.7. The molecule has 4 rings (SSSR count). The zero-order chi connectivity index (χ0) is 29.4. The predicted molar refractivity (Wildman–Crippen MR) is 156 cm³/mol. The van der Waals surface area contributed by atoms with Crippen LogP contribution in [-0.2, 0) is 11.2 Å². The van der Waals surface area contributed by atoms with Crippen molar-refractivity contribution in [2.24, 2.45) is 0 Å². The lowest BCUT2D eigenvalue weighted by Crippen LogP contribution is -2.25. The molecule has 0 spiro atoms. The molecule has 3 amide bonds. The summed E-state index contributed by atoms with van der Waals surface area (Å²) < 4.78 is 24.5. The molecule has 0 saturated carbocycles. The summed E-state index contributed by atoms with van der Waals surface area (Å²) in [5.41, 5.74) is 4.15. The zero-order valence-corrected chi connectivity index (χ0v) is 23.0. The summed E-state index contributed by atoms with van der Waals surface area (Å²) in [4.78, 5) is 37.6. The molecule has 4 aromatic rings. The van der Waals surface area contributed by atoms with E-state index in [1.165, 1.54) is 26.3 Å². The van der Waals surface area contributed by atoms with Crippen molar-refractivity contribution in [3.8, 4) is 22.5 Å². The van der Waals surface area contributed by atoms with Crippen LogP contribution in [0.5, 0.6) is 0 Å². The van der Waals surface area contributed by atoms with Crippen molar-refractivity contribution >= 4 is 28.9 Å². The van der Waals surface area contributed by atoms with E-state index in [1.54, 1.807) is 30.3 Å². The van der Waals surface area contributed by atoms with Gasteiger partial charge in [-0.25, -0.2) is 9.18 Å². The van der Waals surface area contributed by atoms with E-state index in [2.05, 4.69) is 27.3 Å². The summed E-state index contributed by atoms with van der Waals surface area (Å²) in [5.74, 6) is -0.651. The van der Waals surface area contributed by atoms with Crippen LogP contribution in [0.25, 0.3) is 33.4 Å². The van der Waals surface area contributed by atoms with Gasteiger partial charge in [-0.15, -0.1) is 6.58 Å². The first kappa shape index (κ1) is 29.1. The number of alkyl carbamates (subject to hydrolysis) is 1. The molecule has 3 aromatic carbocycles. The van der Waals surface area contributed by atoms with Gasteiger partial charge in [0, 0.05) is 36.7 Å². The third-order valence-electron chi connectivity index (χ3n) is 6.63. The number of unbranched alkanes of at least 4 members (excludes halogenated alkanes) is 1. The van der Waals surface area contributed by atoms with Gasteiger partial charge in [0.25, 0.3) is 11.8 Å². The molecule has 41 heavy (non-hydrogen) atoms. The zero-order valence-electron chi connectivity index (χ0n) is 23.0. The van der Waals surface area contributed by atoms with E-state index in [4.69, 9.17) is 4.42 Å². The molecule has 0 aliphatic heterocycles. The monoisotopic (exact) mass is 557 g/mol. The molecule has 0 saturated heterocycles. The second-order valence-electron chi connectivity index (χ2n) is 9.33. The van der Waals surface area contributed by atoms with Crippen LogP contribution in [0.15, 0.2) is 77.7 Å². The van der Waals surface area contributed by atoms with Crippen molar-refractivity contribution in [1.82, 2.24) is 16.0 Å². The number of benzene rings is 3. The van der Waals surface area contributed by atoms with E-state index in [0.717, 1.165) is 29.5 Å². The smallest absolute Gasteiger partial charge is 0.406 e. The molecule has 1 aromatic heterocycles. The molecule has 0 bridgehead atoms. The molecule has 9 heteroatoms. The first-order valence-corrected chi connectivity index (χ1v) is 13.2. The molecule has 0 aliphatic rings. The van der Waals surface area contributed by atoms with Crippen LogP contribution in [-0.4, -0.2) is 45.2 Å². The maximum atomic E-state index is 13.6. The molecule has 0 unspecified atom stereocenters. The molecule has 212 valence electrons. The van der Waals surface area contributed by atoms with Crippen LogP contribution in [0.3, 0.4) is 0 Å². The van der Waals surface area contributed by atoms with Crippen LogP contribution >= 0.6 is 0 Å². The van der Waals surface area contributed by atoms with Gasteiger partial charge in [0.1, 0.15) is 17.2 Å². The Morgan fingerprint density at radius 3 is 2.46 bits per heavy atom. The highest BCUT2D eigenvalue weighted by Crippen LogP contribution is 2.38. The molecule has 1 heterocycles. The van der Waals surface area contributed by atoms with Crippen LogP contribution in [0, 0.1) is 5.82 Å². The molecule has 0 fully saturated rings. The minimum atomic E-state index is -0.554. The van der Waals surface area contributed by atoms with E-state index >= 15 is 0 Å². The second-order valence-corrected chi connectivity index (χ2v) is 9.33. The number of furan rings is 1. The Hall–Kier alpha value is -4.92. The van der Waals surface area contributed by atoms with Gasteiger partial charge in [-0.2, -0.15) is 0 Å². The van der Waals surface area contributed by atoms with E-state index < -0.39 is 11.9 Å². The van der Waals surface area contributed by atoms with Crippen molar-refractivity contribution in [2.45, 2.75) is 19.3 Å². The predicted octanol–water partition coefficient (Wildman–Crippen LogP) is 5.86. The fourth-order valence-electron chi connectivity index (χ4n) is 4.57. The van der Waals surface area contributed by atoms with E-state index in [9.17, 15) is 18.8 Å². The van der Waals surface area contributed by atoms with Gasteiger partial charge < -0.3 is 25.1 Å². The van der Waals surface area contributed by atoms with Crippen molar-refractivity contribution in [2.75, 3.05) is 27.2 Å². The molecule has 0 aliphatic carbocycles. The number of ether oxygens (including phenoxy) is 1. The number of halogens is 1. The summed E-state index contributed by atoms with van der Waals surface area (Å²) in [6, 6.07) is 16.6. The number of fused-ring (bicyclic) bond motifs is 1. The van der Waals surface area contributed by atoms with Crippen molar-refractivity contribution in [3.63, 3.8) is 0 Å². The minimum Gasteiger partial charge on any atom is -0.455 e. The van der Waals surface area contributed by atoms with E-state index in [1.807, 2.05) is 24.3 Å². The number of allylic oxidation sites excluding steroid dienone is 1. The maximum absolute atomic E-state index is 13.6. The fourth-order valence-corrected chi connectivity index (χ4v) is 4.57. The first-order chi connectivity index (χ1) is 19.9. The number of carbonyl (C=O) groups excluding carboxylic acids is 3. The number of amides is 3. The number of carbonyl (C=O) groups is 3. The van der Waals surface area contributed by atoms with Crippen LogP contribution in [0.1, 0.15) is 39.1 Å². The fraction of sp³-hybridized carbons (Fsp3) is 0.219. The third kappa shape index (κ3) is 6.81. The number of nitrogens with one attached hydrogen (secondary N) is 3. The Morgan fingerprint density at radius 1 is 0.976 bits per heavy atom. The van der Waals surface area contributed by atoms with Gasteiger partial charge in [-0.05, 0) is 84.5 Å². The van der Waals surface area contributed by atoms with Gasteiger partial charge >= 0.3 is 6.09 Å². The average Bonchev–Trinajstić information content (AvgIpc) is 3.37. The van der Waals surface area contributed by atoms with E-state index in [-0.39, 0.29) is 18.4 Å². The quantitative estimate of drug-likeness (QED) is 0.158. The minimum absolute atomic E-state index is 0.196. The van der Waals surface area contributed by atoms with Crippen LogP contribution in [0.2, 0.25) is 0 Å². The molecule has 0 radical (unpaired) electrons. The largest absolute Gasteiger partial charge is 0.455 e. The van der Waals surface area contributed by atoms with Crippen molar-refractivity contribution < 1.29 is 27.9 Å². The Kier molecular flexibility index (Phi) is 9.52. The van der Waals surface area contributed by atoms with Gasteiger partial charge in [0.15, 0.2) is 0 Å². The van der Waals surface area contributed by atoms with Gasteiger partial charge in [-0.3, -0.25) is 9.59 Å². The molecule has 3 N–H and O–H groups in total. The number of hydrogen-bond donors (Lipinski definition) is 3.